The number of thiazole rings is 1. The second-order valence-electron chi connectivity index (χ2n) is 6.66. The molecule has 3 aromatic rings. The summed E-state index contributed by atoms with van der Waals surface area (Å²) in [6.45, 7) is 1.29. The highest BCUT2D eigenvalue weighted by Crippen LogP contribution is 2.39. The van der Waals surface area contributed by atoms with Gasteiger partial charge in [-0.25, -0.2) is 4.98 Å². The molecule has 1 heterocycles. The Bertz CT molecular complexity index is 1040. The van der Waals surface area contributed by atoms with Gasteiger partial charge in [-0.2, -0.15) is 0 Å². The molecule has 0 unspecified atom stereocenters. The fourth-order valence-corrected chi connectivity index (χ4v) is 4.51. The van der Waals surface area contributed by atoms with Gasteiger partial charge in [0, 0.05) is 11.6 Å². The number of benzene rings is 2. The molecular weight excluding hydrogens is 453 g/mol. The molecule has 1 aromatic heterocycles. The number of ether oxygens (including phenoxy) is 1. The van der Waals surface area contributed by atoms with Crippen molar-refractivity contribution in [2.45, 2.75) is 6.42 Å². The summed E-state index contributed by atoms with van der Waals surface area (Å²) in [5.74, 6) is 0.346. The fraction of sp³-hybridized carbons (Fsp3) is 0.300. The Morgan fingerprint density at radius 2 is 1.83 bits per heavy atom. The predicted molar refractivity (Wildman–Crippen MR) is 122 cm³/mol. The SMILES string of the molecule is COc1ccc(Cl)c2sc(N(CCCN(C)C)C(=O)c3cc(Cl)ccc3Cl)nc12. The van der Waals surface area contributed by atoms with Crippen LogP contribution in [0.25, 0.3) is 10.2 Å². The molecule has 0 N–H and O–H groups in total. The van der Waals surface area contributed by atoms with Crippen LogP contribution in [0.5, 0.6) is 5.75 Å². The Morgan fingerprint density at radius 1 is 1.10 bits per heavy atom. The van der Waals surface area contributed by atoms with Crippen molar-refractivity contribution in [1.29, 1.82) is 0 Å². The predicted octanol–water partition coefficient (Wildman–Crippen LogP) is 5.86. The highest BCUT2D eigenvalue weighted by Gasteiger charge is 2.24. The topological polar surface area (TPSA) is 45.7 Å². The minimum atomic E-state index is -0.259. The van der Waals surface area contributed by atoms with Crippen molar-refractivity contribution in [3.63, 3.8) is 0 Å². The van der Waals surface area contributed by atoms with E-state index >= 15 is 0 Å². The quantitative estimate of drug-likeness (QED) is 0.432. The third-order valence-electron chi connectivity index (χ3n) is 4.29. The molecule has 154 valence electrons. The van der Waals surface area contributed by atoms with Crippen molar-refractivity contribution in [2.24, 2.45) is 0 Å². The first-order valence-corrected chi connectivity index (χ1v) is 10.8. The van der Waals surface area contributed by atoms with Gasteiger partial charge < -0.3 is 9.64 Å². The Balaban J connectivity index is 2.05. The van der Waals surface area contributed by atoms with Gasteiger partial charge in [-0.05, 0) is 57.4 Å². The van der Waals surface area contributed by atoms with Crippen LogP contribution in [-0.4, -0.2) is 50.1 Å². The number of nitrogens with zero attached hydrogens (tertiary/aromatic N) is 3. The molecule has 0 fully saturated rings. The van der Waals surface area contributed by atoms with Crippen molar-refractivity contribution in [3.8, 4) is 5.75 Å². The lowest BCUT2D eigenvalue weighted by Gasteiger charge is -2.21. The van der Waals surface area contributed by atoms with E-state index in [0.29, 0.717) is 43.6 Å². The van der Waals surface area contributed by atoms with Crippen molar-refractivity contribution in [3.05, 3.63) is 51.0 Å². The van der Waals surface area contributed by atoms with Crippen LogP contribution in [0.4, 0.5) is 5.13 Å². The molecule has 1 amide bonds. The number of hydrogen-bond donors (Lipinski definition) is 0. The highest BCUT2D eigenvalue weighted by atomic mass is 35.5. The number of amides is 1. The van der Waals surface area contributed by atoms with Crippen molar-refractivity contribution >= 4 is 67.4 Å². The van der Waals surface area contributed by atoms with E-state index in [9.17, 15) is 4.79 Å². The highest BCUT2D eigenvalue weighted by molar-refractivity contribution is 7.23. The molecule has 29 heavy (non-hydrogen) atoms. The van der Waals surface area contributed by atoms with Crippen molar-refractivity contribution in [1.82, 2.24) is 9.88 Å². The second kappa shape index (κ2) is 9.49. The van der Waals surface area contributed by atoms with E-state index in [1.807, 2.05) is 14.1 Å². The van der Waals surface area contributed by atoms with Crippen LogP contribution < -0.4 is 9.64 Å². The summed E-state index contributed by atoms with van der Waals surface area (Å²) < 4.78 is 6.17. The van der Waals surface area contributed by atoms with E-state index in [2.05, 4.69) is 9.88 Å². The fourth-order valence-electron chi connectivity index (χ4n) is 2.86. The Hall–Kier alpha value is -1.57. The number of methoxy groups -OCH3 is 1. The van der Waals surface area contributed by atoms with Crippen molar-refractivity contribution in [2.75, 3.05) is 39.2 Å². The third-order valence-corrected chi connectivity index (χ3v) is 6.39. The van der Waals surface area contributed by atoms with Crippen LogP contribution in [0.1, 0.15) is 16.8 Å². The monoisotopic (exact) mass is 471 g/mol. The molecule has 0 aliphatic heterocycles. The summed E-state index contributed by atoms with van der Waals surface area (Å²) in [7, 11) is 5.55. The molecule has 0 aliphatic carbocycles. The Morgan fingerprint density at radius 3 is 2.52 bits per heavy atom. The van der Waals surface area contributed by atoms with Gasteiger partial charge in [0.1, 0.15) is 11.3 Å². The Kier molecular flexibility index (Phi) is 7.24. The molecule has 9 heteroatoms. The molecule has 0 bridgehead atoms. The van der Waals surface area contributed by atoms with E-state index in [4.69, 9.17) is 39.5 Å². The average molecular weight is 473 g/mol. The molecule has 0 spiro atoms. The summed E-state index contributed by atoms with van der Waals surface area (Å²) in [6.07, 6.45) is 0.762. The van der Waals surface area contributed by atoms with Crippen LogP contribution in [0, 0.1) is 0 Å². The van der Waals surface area contributed by atoms with Crippen LogP contribution in [0.3, 0.4) is 0 Å². The van der Waals surface area contributed by atoms with E-state index in [1.54, 1.807) is 42.3 Å². The van der Waals surface area contributed by atoms with Gasteiger partial charge in [0.05, 0.1) is 27.4 Å². The summed E-state index contributed by atoms with van der Waals surface area (Å²) in [6, 6.07) is 8.37. The lowest BCUT2D eigenvalue weighted by atomic mass is 10.2. The van der Waals surface area contributed by atoms with Crippen LogP contribution in [0.15, 0.2) is 30.3 Å². The largest absolute Gasteiger partial charge is 0.494 e. The van der Waals surface area contributed by atoms with Gasteiger partial charge >= 0.3 is 0 Å². The number of hydrogen-bond acceptors (Lipinski definition) is 5. The summed E-state index contributed by atoms with van der Waals surface area (Å²) in [5.41, 5.74) is 0.962. The number of halogens is 3. The molecule has 2 aromatic carbocycles. The molecule has 3 rings (SSSR count). The van der Waals surface area contributed by atoms with E-state index in [1.165, 1.54) is 11.3 Å². The van der Waals surface area contributed by atoms with Gasteiger partial charge in [-0.15, -0.1) is 0 Å². The summed E-state index contributed by atoms with van der Waals surface area (Å²) >= 11 is 20.1. The first-order chi connectivity index (χ1) is 13.8. The lowest BCUT2D eigenvalue weighted by molar-refractivity contribution is 0.0986. The third kappa shape index (κ3) is 4.95. The van der Waals surface area contributed by atoms with Crippen molar-refractivity contribution < 1.29 is 9.53 Å². The van der Waals surface area contributed by atoms with E-state index < -0.39 is 0 Å². The normalized spacial score (nSPS) is 11.3. The molecular formula is C20H20Cl3N3O2S. The Labute approximate surface area is 188 Å². The molecule has 5 nitrogen and oxygen atoms in total. The zero-order chi connectivity index (χ0) is 21.1. The number of anilines is 1. The molecule has 0 saturated heterocycles. The standard InChI is InChI=1S/C20H20Cl3N3O2S/c1-25(2)9-4-10-26(19(27)13-11-12(21)5-6-14(13)22)20-24-17-16(28-3)8-7-15(23)18(17)29-20/h5-8,11H,4,9-10H2,1-3H3. The van der Waals surface area contributed by atoms with Crippen LogP contribution >= 0.6 is 46.1 Å². The first-order valence-electron chi connectivity index (χ1n) is 8.86. The van der Waals surface area contributed by atoms with Crippen LogP contribution in [0.2, 0.25) is 15.1 Å². The van der Waals surface area contributed by atoms with Gasteiger partial charge in [-0.1, -0.05) is 46.1 Å². The maximum absolute atomic E-state index is 13.4. The van der Waals surface area contributed by atoms with Gasteiger partial charge in [-0.3, -0.25) is 9.69 Å². The first kappa shape index (κ1) is 22.1. The molecule has 0 saturated carbocycles. The van der Waals surface area contributed by atoms with Gasteiger partial charge in [0.25, 0.3) is 5.91 Å². The second-order valence-corrected chi connectivity index (χ2v) is 8.89. The van der Waals surface area contributed by atoms with E-state index in [0.717, 1.165) is 17.7 Å². The maximum Gasteiger partial charge on any atom is 0.261 e. The minimum absolute atomic E-state index is 0.259. The molecule has 0 aliphatic rings. The smallest absolute Gasteiger partial charge is 0.261 e. The minimum Gasteiger partial charge on any atom is -0.494 e. The van der Waals surface area contributed by atoms with Crippen LogP contribution in [-0.2, 0) is 0 Å². The summed E-state index contributed by atoms with van der Waals surface area (Å²) in [5, 5.41) is 1.88. The number of carbonyl (C=O) groups is 1. The van der Waals surface area contributed by atoms with Gasteiger partial charge in [0.15, 0.2) is 5.13 Å². The molecule has 0 atom stereocenters. The lowest BCUT2D eigenvalue weighted by Crippen LogP contribution is -2.33. The zero-order valence-electron chi connectivity index (χ0n) is 16.2. The van der Waals surface area contributed by atoms with E-state index in [-0.39, 0.29) is 5.91 Å². The summed E-state index contributed by atoms with van der Waals surface area (Å²) in [4.78, 5) is 21.7. The number of rotatable bonds is 7. The number of aromatic nitrogens is 1. The average Bonchev–Trinajstić information content (AvgIpc) is 3.13. The maximum atomic E-state index is 13.4. The number of carbonyl (C=O) groups excluding carboxylic acids is 1. The van der Waals surface area contributed by atoms with Gasteiger partial charge in [0.2, 0.25) is 0 Å². The number of fused-ring (bicyclic) bond motifs is 1. The molecule has 0 radical (unpaired) electrons. The zero-order valence-corrected chi connectivity index (χ0v) is 19.3.